The second-order valence-corrected chi connectivity index (χ2v) is 7.94. The first kappa shape index (κ1) is 21.3. The molecule has 0 saturated carbocycles. The maximum absolute atomic E-state index is 12.5. The molecule has 0 spiro atoms. The Kier molecular flexibility index (Phi) is 6.92. The number of fused-ring (bicyclic) bond motifs is 1. The Hall–Kier alpha value is -2.39. The molecule has 1 atom stereocenters. The third-order valence-corrected chi connectivity index (χ3v) is 5.22. The van der Waals surface area contributed by atoms with Gasteiger partial charge in [-0.3, -0.25) is 9.78 Å². The summed E-state index contributed by atoms with van der Waals surface area (Å²) >= 11 is 8.34. The largest absolute Gasteiger partial charge is 0.478 e. The Labute approximate surface area is 186 Å². The van der Waals surface area contributed by atoms with Crippen molar-refractivity contribution in [3.63, 3.8) is 0 Å². The van der Waals surface area contributed by atoms with Crippen LogP contribution < -0.4 is 4.74 Å². The number of nitrogens with zero attached hydrogens (tertiary/aromatic N) is 2. The van der Waals surface area contributed by atoms with Gasteiger partial charge in [-0.15, -0.1) is 0 Å². The second-order valence-electron chi connectivity index (χ2n) is 6.37. The molecule has 1 heterocycles. The van der Waals surface area contributed by atoms with Gasteiger partial charge in [0.1, 0.15) is 5.52 Å². The maximum atomic E-state index is 12.5. The minimum absolute atomic E-state index is 0.335. The Morgan fingerprint density at radius 3 is 2.59 bits per heavy atom. The number of hydrogen-bond acceptors (Lipinski definition) is 5. The van der Waals surface area contributed by atoms with Crippen LogP contribution in [0.2, 0.25) is 5.02 Å². The first-order chi connectivity index (χ1) is 13.9. The topological polar surface area (TPSA) is 68.7 Å². The molecular formula is C21H18ClIN2O4. The molecule has 0 aliphatic heterocycles. The van der Waals surface area contributed by atoms with E-state index in [9.17, 15) is 9.59 Å². The van der Waals surface area contributed by atoms with Crippen molar-refractivity contribution in [1.82, 2.24) is 9.88 Å². The summed E-state index contributed by atoms with van der Waals surface area (Å²) in [5.41, 5.74) is 1.15. The van der Waals surface area contributed by atoms with Crippen molar-refractivity contribution in [2.45, 2.75) is 6.10 Å². The van der Waals surface area contributed by atoms with Gasteiger partial charge in [0.25, 0.3) is 5.91 Å². The Balaban J connectivity index is 1.78. The number of halogens is 2. The van der Waals surface area contributed by atoms with E-state index >= 15 is 0 Å². The third kappa shape index (κ3) is 4.97. The first-order valence-corrected chi connectivity index (χ1v) is 10.1. The number of amides is 1. The Bertz CT molecular complexity index is 1040. The minimum atomic E-state index is -1.04. The van der Waals surface area contributed by atoms with Crippen LogP contribution in [0.3, 0.4) is 0 Å². The van der Waals surface area contributed by atoms with Crippen molar-refractivity contribution < 1.29 is 19.1 Å². The average Bonchev–Trinajstić information content (AvgIpc) is 2.72. The van der Waals surface area contributed by atoms with Crippen LogP contribution in [0.4, 0.5) is 0 Å². The lowest BCUT2D eigenvalue weighted by atomic mass is 10.1. The van der Waals surface area contributed by atoms with Gasteiger partial charge in [-0.05, 0) is 40.8 Å². The Morgan fingerprint density at radius 2 is 1.90 bits per heavy atom. The highest BCUT2D eigenvalue weighted by molar-refractivity contribution is 14.1. The van der Waals surface area contributed by atoms with Crippen LogP contribution >= 0.6 is 34.2 Å². The standard InChI is InChI=1S/C21H18ClIN2O4/c1-25(2)21(27)19(13-7-4-3-5-8-13)29-17(26)12-28-20-16(23)11-15(22)14-9-6-10-24-18(14)20/h3-11,19H,12H2,1-2H3. The first-order valence-electron chi connectivity index (χ1n) is 8.69. The lowest BCUT2D eigenvalue weighted by Gasteiger charge is -2.21. The predicted octanol–water partition coefficient (Wildman–Crippen LogP) is 4.24. The second kappa shape index (κ2) is 9.41. The number of aromatic nitrogens is 1. The highest BCUT2D eigenvalue weighted by Crippen LogP contribution is 2.34. The van der Waals surface area contributed by atoms with Crippen molar-refractivity contribution in [2.75, 3.05) is 20.7 Å². The summed E-state index contributed by atoms with van der Waals surface area (Å²) in [7, 11) is 3.22. The summed E-state index contributed by atoms with van der Waals surface area (Å²) < 4.78 is 11.9. The maximum Gasteiger partial charge on any atom is 0.345 e. The summed E-state index contributed by atoms with van der Waals surface area (Å²) in [6.07, 6.45) is 0.586. The number of pyridine rings is 1. The number of carbonyl (C=O) groups excluding carboxylic acids is 2. The van der Waals surface area contributed by atoms with Crippen LogP contribution in [-0.4, -0.2) is 42.5 Å². The molecule has 1 amide bonds. The number of esters is 1. The molecule has 0 aliphatic carbocycles. The van der Waals surface area contributed by atoms with Crippen molar-refractivity contribution in [2.24, 2.45) is 0 Å². The van der Waals surface area contributed by atoms with Gasteiger partial charge in [-0.25, -0.2) is 4.79 Å². The van der Waals surface area contributed by atoms with Crippen LogP contribution in [0.1, 0.15) is 11.7 Å². The van der Waals surface area contributed by atoms with Crippen molar-refractivity contribution in [3.8, 4) is 5.75 Å². The molecule has 0 aliphatic rings. The molecule has 0 fully saturated rings. The molecule has 3 rings (SSSR count). The monoisotopic (exact) mass is 524 g/mol. The number of carbonyl (C=O) groups is 2. The van der Waals surface area contributed by atoms with E-state index in [1.807, 2.05) is 12.1 Å². The molecule has 0 saturated heterocycles. The average molecular weight is 525 g/mol. The van der Waals surface area contributed by atoms with E-state index in [1.165, 1.54) is 4.90 Å². The number of ether oxygens (including phenoxy) is 2. The van der Waals surface area contributed by atoms with Gasteiger partial charge in [-0.2, -0.15) is 0 Å². The number of rotatable bonds is 6. The van der Waals surface area contributed by atoms with Gasteiger partial charge in [0, 0.05) is 31.2 Å². The molecular weight excluding hydrogens is 507 g/mol. The van der Waals surface area contributed by atoms with Crippen molar-refractivity contribution in [1.29, 1.82) is 0 Å². The molecule has 150 valence electrons. The zero-order valence-electron chi connectivity index (χ0n) is 15.8. The van der Waals surface area contributed by atoms with Gasteiger partial charge in [-0.1, -0.05) is 41.9 Å². The summed E-state index contributed by atoms with van der Waals surface area (Å²) in [5, 5.41) is 1.27. The zero-order chi connectivity index (χ0) is 21.0. The fourth-order valence-electron chi connectivity index (χ4n) is 2.70. The summed E-state index contributed by atoms with van der Waals surface area (Å²) in [6.45, 7) is -0.368. The molecule has 3 aromatic rings. The van der Waals surface area contributed by atoms with Gasteiger partial charge in [0.15, 0.2) is 12.4 Å². The molecule has 0 bridgehead atoms. The summed E-state index contributed by atoms with van der Waals surface area (Å²) in [5.74, 6) is -0.556. The highest BCUT2D eigenvalue weighted by Gasteiger charge is 2.27. The number of hydrogen-bond donors (Lipinski definition) is 0. The van der Waals surface area contributed by atoms with E-state index in [2.05, 4.69) is 27.6 Å². The van der Waals surface area contributed by atoms with E-state index in [0.29, 0.717) is 21.9 Å². The smallest absolute Gasteiger partial charge is 0.345 e. The highest BCUT2D eigenvalue weighted by atomic mass is 127. The van der Waals surface area contributed by atoms with Gasteiger partial charge >= 0.3 is 5.97 Å². The van der Waals surface area contributed by atoms with Gasteiger partial charge in [0.2, 0.25) is 6.10 Å². The van der Waals surface area contributed by atoms with Crippen molar-refractivity contribution in [3.05, 3.63) is 68.9 Å². The summed E-state index contributed by atoms with van der Waals surface area (Å²) in [6, 6.07) is 14.2. The van der Waals surface area contributed by atoms with Crippen molar-refractivity contribution >= 4 is 57.0 Å². The van der Waals surface area contributed by atoms with E-state index < -0.39 is 12.1 Å². The molecule has 0 radical (unpaired) electrons. The fraction of sp³-hybridized carbons (Fsp3) is 0.190. The summed E-state index contributed by atoms with van der Waals surface area (Å²) in [4.78, 5) is 30.7. The molecule has 6 nitrogen and oxygen atoms in total. The quantitative estimate of drug-likeness (QED) is 0.356. The van der Waals surface area contributed by atoms with E-state index in [4.69, 9.17) is 21.1 Å². The SMILES string of the molecule is CN(C)C(=O)C(OC(=O)COc1c(I)cc(Cl)c2cccnc12)c1ccccc1. The number of likely N-dealkylation sites (N-methyl/N-ethyl adjacent to an activating group) is 1. The molecule has 0 N–H and O–H groups in total. The number of benzene rings is 2. The van der Waals surface area contributed by atoms with E-state index in [1.54, 1.807) is 56.7 Å². The van der Waals surface area contributed by atoms with Crippen LogP contribution in [0.5, 0.6) is 5.75 Å². The lowest BCUT2D eigenvalue weighted by molar-refractivity contribution is -0.161. The predicted molar refractivity (Wildman–Crippen MR) is 119 cm³/mol. The lowest BCUT2D eigenvalue weighted by Crippen LogP contribution is -2.32. The zero-order valence-corrected chi connectivity index (χ0v) is 18.7. The molecule has 1 unspecified atom stereocenters. The van der Waals surface area contributed by atoms with Gasteiger partial charge < -0.3 is 14.4 Å². The van der Waals surface area contributed by atoms with Crippen LogP contribution in [0.15, 0.2) is 54.7 Å². The normalized spacial score (nSPS) is 11.7. The molecule has 2 aromatic carbocycles. The Morgan fingerprint density at radius 1 is 1.17 bits per heavy atom. The fourth-order valence-corrected chi connectivity index (χ4v) is 3.87. The van der Waals surface area contributed by atoms with E-state index in [0.717, 1.165) is 8.96 Å². The van der Waals surface area contributed by atoms with Crippen LogP contribution in [0.25, 0.3) is 10.9 Å². The molecule has 8 heteroatoms. The van der Waals surface area contributed by atoms with Gasteiger partial charge in [0.05, 0.1) is 8.59 Å². The van der Waals surface area contributed by atoms with Crippen LogP contribution in [-0.2, 0) is 14.3 Å². The van der Waals surface area contributed by atoms with E-state index in [-0.39, 0.29) is 12.5 Å². The minimum Gasteiger partial charge on any atom is -0.478 e. The molecule has 1 aromatic heterocycles. The third-order valence-electron chi connectivity index (χ3n) is 4.10. The molecule has 29 heavy (non-hydrogen) atoms. The van der Waals surface area contributed by atoms with Crippen LogP contribution in [0, 0.1) is 3.57 Å².